The first-order valence-corrected chi connectivity index (χ1v) is 6.65. The predicted octanol–water partition coefficient (Wildman–Crippen LogP) is 2.60. The first-order valence-electron chi connectivity index (χ1n) is 6.65. The highest BCUT2D eigenvalue weighted by atomic mass is 15.2. The Morgan fingerprint density at radius 3 is 3.06 bits per heavy atom. The lowest BCUT2D eigenvalue weighted by molar-refractivity contribution is 0.352. The number of aromatic nitrogens is 2. The second-order valence-electron chi connectivity index (χ2n) is 5.22. The largest absolute Gasteiger partial charge is 0.328 e. The number of hydrogen-bond acceptors (Lipinski definition) is 2. The minimum atomic E-state index is 0.503. The Labute approximate surface area is 97.3 Å². The van der Waals surface area contributed by atoms with Gasteiger partial charge in [0.25, 0.3) is 0 Å². The molecule has 2 aliphatic heterocycles. The highest BCUT2D eigenvalue weighted by Crippen LogP contribution is 2.31. The van der Waals surface area contributed by atoms with Gasteiger partial charge in [-0.15, -0.1) is 0 Å². The summed E-state index contributed by atoms with van der Waals surface area (Å²) < 4.78 is 2.49. The molecule has 2 aliphatic rings. The molecule has 0 amide bonds. The van der Waals surface area contributed by atoms with Gasteiger partial charge in [0.2, 0.25) is 0 Å². The molecular formula is C13H21N3. The molecule has 1 saturated heterocycles. The molecule has 1 aromatic rings. The van der Waals surface area contributed by atoms with Gasteiger partial charge in [-0.3, -0.25) is 0 Å². The summed E-state index contributed by atoms with van der Waals surface area (Å²) in [6.07, 6.45) is 9.86. The van der Waals surface area contributed by atoms with Crippen LogP contribution in [0.25, 0.3) is 0 Å². The molecule has 0 spiro atoms. The maximum absolute atomic E-state index is 4.67. The van der Waals surface area contributed by atoms with E-state index in [4.69, 9.17) is 0 Å². The first-order chi connectivity index (χ1) is 7.86. The summed E-state index contributed by atoms with van der Waals surface area (Å²) >= 11 is 0. The van der Waals surface area contributed by atoms with Crippen molar-refractivity contribution in [2.45, 2.75) is 57.5 Å². The van der Waals surface area contributed by atoms with E-state index in [0.29, 0.717) is 12.1 Å². The number of hydrogen-bond donors (Lipinski definition) is 1. The van der Waals surface area contributed by atoms with Crippen LogP contribution in [0.15, 0.2) is 6.20 Å². The quantitative estimate of drug-likeness (QED) is 0.787. The second kappa shape index (κ2) is 4.21. The normalized spacial score (nSPS) is 30.1. The third kappa shape index (κ3) is 1.67. The number of piperidine rings is 1. The lowest BCUT2D eigenvalue weighted by atomic mass is 10.0. The molecule has 3 heteroatoms. The molecule has 3 rings (SSSR count). The van der Waals surface area contributed by atoms with E-state index in [-0.39, 0.29) is 0 Å². The Balaban J connectivity index is 1.91. The van der Waals surface area contributed by atoms with Crippen LogP contribution in [0.4, 0.5) is 0 Å². The van der Waals surface area contributed by atoms with Gasteiger partial charge in [0.1, 0.15) is 5.82 Å². The van der Waals surface area contributed by atoms with Crippen LogP contribution in [0, 0.1) is 0 Å². The van der Waals surface area contributed by atoms with Gasteiger partial charge in [-0.05, 0) is 45.6 Å². The van der Waals surface area contributed by atoms with Gasteiger partial charge < -0.3 is 9.88 Å². The third-order valence-corrected chi connectivity index (χ3v) is 4.02. The Bertz CT molecular complexity index is 363. The summed E-state index contributed by atoms with van der Waals surface area (Å²) in [6, 6.07) is 1.15. The van der Waals surface area contributed by atoms with Gasteiger partial charge in [0, 0.05) is 17.9 Å². The first kappa shape index (κ1) is 10.3. The van der Waals surface area contributed by atoms with Crippen molar-refractivity contribution < 1.29 is 0 Å². The van der Waals surface area contributed by atoms with Crippen LogP contribution in [-0.2, 0) is 6.42 Å². The Morgan fingerprint density at radius 1 is 1.31 bits per heavy atom. The van der Waals surface area contributed by atoms with Gasteiger partial charge in [-0.2, -0.15) is 0 Å². The molecule has 3 heterocycles. The van der Waals surface area contributed by atoms with Crippen LogP contribution in [-0.4, -0.2) is 16.1 Å². The Hall–Kier alpha value is -0.830. The summed E-state index contributed by atoms with van der Waals surface area (Å²) in [4.78, 5) is 4.67. The summed E-state index contributed by atoms with van der Waals surface area (Å²) in [6.45, 7) is 3.48. The molecule has 1 aromatic heterocycles. The van der Waals surface area contributed by atoms with Crippen molar-refractivity contribution in [3.05, 3.63) is 17.7 Å². The van der Waals surface area contributed by atoms with Crippen LogP contribution >= 0.6 is 0 Å². The number of nitrogens with zero attached hydrogens (tertiary/aromatic N) is 2. The minimum absolute atomic E-state index is 0.503. The molecule has 1 fully saturated rings. The van der Waals surface area contributed by atoms with Crippen molar-refractivity contribution in [3.8, 4) is 0 Å². The van der Waals surface area contributed by atoms with Crippen LogP contribution in [0.3, 0.4) is 0 Å². The van der Waals surface area contributed by atoms with E-state index in [1.165, 1.54) is 50.0 Å². The number of rotatable bonds is 1. The van der Waals surface area contributed by atoms with Crippen LogP contribution < -0.4 is 5.32 Å². The zero-order valence-electron chi connectivity index (χ0n) is 10.1. The second-order valence-corrected chi connectivity index (χ2v) is 5.22. The van der Waals surface area contributed by atoms with Crippen LogP contribution in [0.1, 0.15) is 62.6 Å². The maximum atomic E-state index is 4.67. The molecule has 0 aliphatic carbocycles. The SMILES string of the molecule is CC1CCCc2cnc(C3CCCCN3)n21. The highest BCUT2D eigenvalue weighted by Gasteiger charge is 2.25. The van der Waals surface area contributed by atoms with E-state index in [0.717, 1.165) is 6.54 Å². The molecule has 2 unspecified atom stereocenters. The average Bonchev–Trinajstić information content (AvgIpc) is 2.75. The Morgan fingerprint density at radius 2 is 2.25 bits per heavy atom. The van der Waals surface area contributed by atoms with Crippen molar-refractivity contribution in [1.29, 1.82) is 0 Å². The molecule has 0 bridgehead atoms. The van der Waals surface area contributed by atoms with Crippen molar-refractivity contribution in [2.24, 2.45) is 0 Å². The fourth-order valence-electron chi connectivity index (χ4n) is 3.14. The summed E-state index contributed by atoms with van der Waals surface area (Å²) in [5.41, 5.74) is 1.45. The smallest absolute Gasteiger partial charge is 0.126 e. The fraction of sp³-hybridized carbons (Fsp3) is 0.769. The van der Waals surface area contributed by atoms with Crippen molar-refractivity contribution in [1.82, 2.24) is 14.9 Å². The van der Waals surface area contributed by atoms with E-state index in [1.807, 2.05) is 0 Å². The third-order valence-electron chi connectivity index (χ3n) is 4.02. The minimum Gasteiger partial charge on any atom is -0.328 e. The highest BCUT2D eigenvalue weighted by molar-refractivity contribution is 5.13. The molecule has 16 heavy (non-hydrogen) atoms. The van der Waals surface area contributed by atoms with E-state index in [9.17, 15) is 0 Å². The molecular weight excluding hydrogens is 198 g/mol. The van der Waals surface area contributed by atoms with Crippen molar-refractivity contribution in [2.75, 3.05) is 6.54 Å². The summed E-state index contributed by atoms with van der Waals surface area (Å²) in [5.74, 6) is 1.29. The van der Waals surface area contributed by atoms with Gasteiger partial charge in [0.05, 0.1) is 6.04 Å². The maximum Gasteiger partial charge on any atom is 0.126 e. The van der Waals surface area contributed by atoms with Gasteiger partial charge in [-0.1, -0.05) is 6.42 Å². The number of aryl methyl sites for hydroxylation is 1. The molecule has 0 radical (unpaired) electrons. The summed E-state index contributed by atoms with van der Waals surface area (Å²) in [5, 5.41) is 3.61. The number of fused-ring (bicyclic) bond motifs is 1. The Kier molecular flexibility index (Phi) is 2.72. The van der Waals surface area contributed by atoms with E-state index < -0.39 is 0 Å². The lowest BCUT2D eigenvalue weighted by Crippen LogP contribution is -2.30. The number of imidazole rings is 1. The van der Waals surface area contributed by atoms with E-state index >= 15 is 0 Å². The molecule has 0 saturated carbocycles. The molecule has 0 aromatic carbocycles. The standard InChI is InChI=1S/C13H21N3/c1-10-5-4-6-11-9-15-13(16(10)11)12-7-2-3-8-14-12/h9-10,12,14H,2-8H2,1H3. The van der Waals surface area contributed by atoms with Gasteiger partial charge in [-0.25, -0.2) is 4.98 Å². The number of nitrogens with one attached hydrogen (secondary N) is 1. The monoisotopic (exact) mass is 219 g/mol. The van der Waals surface area contributed by atoms with E-state index in [2.05, 4.69) is 28.0 Å². The van der Waals surface area contributed by atoms with Crippen LogP contribution in [0.5, 0.6) is 0 Å². The van der Waals surface area contributed by atoms with Crippen LogP contribution in [0.2, 0.25) is 0 Å². The van der Waals surface area contributed by atoms with Crippen molar-refractivity contribution >= 4 is 0 Å². The van der Waals surface area contributed by atoms with E-state index in [1.54, 1.807) is 0 Å². The predicted molar refractivity (Wildman–Crippen MR) is 64.5 cm³/mol. The average molecular weight is 219 g/mol. The molecule has 88 valence electrons. The lowest BCUT2D eigenvalue weighted by Gasteiger charge is -2.29. The van der Waals surface area contributed by atoms with Crippen molar-refractivity contribution in [3.63, 3.8) is 0 Å². The van der Waals surface area contributed by atoms with Gasteiger partial charge in [0.15, 0.2) is 0 Å². The van der Waals surface area contributed by atoms with Gasteiger partial charge >= 0.3 is 0 Å². The zero-order valence-corrected chi connectivity index (χ0v) is 10.1. The zero-order chi connectivity index (χ0) is 11.0. The summed E-state index contributed by atoms with van der Waals surface area (Å²) in [7, 11) is 0. The topological polar surface area (TPSA) is 29.9 Å². The molecule has 1 N–H and O–H groups in total. The molecule has 3 nitrogen and oxygen atoms in total. The molecule has 2 atom stereocenters. The fourth-order valence-corrected chi connectivity index (χ4v) is 3.14.